The van der Waals surface area contributed by atoms with Crippen LogP contribution in [0.3, 0.4) is 0 Å². The Balaban J connectivity index is 1.84. The predicted octanol–water partition coefficient (Wildman–Crippen LogP) is 4.23. The lowest BCUT2D eigenvalue weighted by molar-refractivity contribution is 0.238. The van der Waals surface area contributed by atoms with E-state index in [0.29, 0.717) is 17.1 Å². The van der Waals surface area contributed by atoms with Crippen molar-refractivity contribution >= 4 is 28.6 Å². The van der Waals surface area contributed by atoms with E-state index in [1.807, 2.05) is 28.8 Å². The third kappa shape index (κ3) is 3.06. The van der Waals surface area contributed by atoms with Gasteiger partial charge in [0.15, 0.2) is 0 Å². The number of aliphatic hydroxyl groups excluding tert-OH is 1. The molecule has 1 aliphatic rings. The van der Waals surface area contributed by atoms with Gasteiger partial charge in [0.25, 0.3) is 0 Å². The monoisotopic (exact) mass is 373 g/mol. The van der Waals surface area contributed by atoms with Crippen LogP contribution in [0.4, 0.5) is 10.3 Å². The van der Waals surface area contributed by atoms with Gasteiger partial charge in [-0.25, -0.2) is 9.37 Å². The van der Waals surface area contributed by atoms with E-state index < -0.39 is 0 Å². The summed E-state index contributed by atoms with van der Waals surface area (Å²) in [6.07, 6.45) is 3.08. The van der Waals surface area contributed by atoms with Crippen molar-refractivity contribution in [2.45, 2.75) is 31.8 Å². The summed E-state index contributed by atoms with van der Waals surface area (Å²) < 4.78 is 16.4. The van der Waals surface area contributed by atoms with Crippen LogP contribution in [0.5, 0.6) is 0 Å². The van der Waals surface area contributed by atoms with Gasteiger partial charge in [0.1, 0.15) is 5.82 Å². The number of aliphatic hydroxyl groups is 1. The zero-order chi connectivity index (χ0) is 18.1. The lowest BCUT2D eigenvalue weighted by atomic mass is 10.0. The van der Waals surface area contributed by atoms with Gasteiger partial charge in [-0.15, -0.1) is 0 Å². The van der Waals surface area contributed by atoms with Crippen molar-refractivity contribution in [2.75, 3.05) is 18.1 Å². The van der Waals surface area contributed by atoms with Gasteiger partial charge < -0.3 is 14.6 Å². The van der Waals surface area contributed by atoms with E-state index in [9.17, 15) is 9.50 Å². The molecule has 0 radical (unpaired) electrons. The van der Waals surface area contributed by atoms with Crippen LogP contribution in [0.2, 0.25) is 5.02 Å². The summed E-state index contributed by atoms with van der Waals surface area (Å²) >= 11 is 6.26. The Hall–Kier alpha value is -2.11. The van der Waals surface area contributed by atoms with Crippen LogP contribution in [0, 0.1) is 5.82 Å². The summed E-state index contributed by atoms with van der Waals surface area (Å²) in [5, 5.41) is 10.2. The highest BCUT2D eigenvalue weighted by Gasteiger charge is 2.27. The van der Waals surface area contributed by atoms with Gasteiger partial charge in [0.05, 0.1) is 30.2 Å². The molecule has 0 spiro atoms. The van der Waals surface area contributed by atoms with Crippen molar-refractivity contribution in [3.05, 3.63) is 58.9 Å². The second-order valence-electron chi connectivity index (χ2n) is 6.71. The molecule has 0 unspecified atom stereocenters. The zero-order valence-electron chi connectivity index (χ0n) is 14.4. The molecular weight excluding hydrogens is 353 g/mol. The lowest BCUT2D eigenvalue weighted by Crippen LogP contribution is -2.43. The molecule has 4 nitrogen and oxygen atoms in total. The highest BCUT2D eigenvalue weighted by atomic mass is 35.5. The Labute approximate surface area is 156 Å². The average molecular weight is 374 g/mol. The van der Waals surface area contributed by atoms with Crippen LogP contribution in [0.15, 0.2) is 42.5 Å². The summed E-state index contributed by atoms with van der Waals surface area (Å²) in [4.78, 5) is 6.95. The average Bonchev–Trinajstić information content (AvgIpc) is 3.03. The van der Waals surface area contributed by atoms with Gasteiger partial charge in [-0.05, 0) is 43.5 Å². The maximum atomic E-state index is 14.4. The number of piperidine rings is 1. The second kappa shape index (κ2) is 7.25. The van der Waals surface area contributed by atoms with Crippen LogP contribution in [0.1, 0.15) is 24.8 Å². The van der Waals surface area contributed by atoms with Crippen LogP contribution in [-0.4, -0.2) is 33.9 Å². The predicted molar refractivity (Wildman–Crippen MR) is 102 cm³/mol. The number of para-hydroxylation sites is 2. The summed E-state index contributed by atoms with van der Waals surface area (Å²) in [5.74, 6) is 0.447. The number of halogens is 2. The van der Waals surface area contributed by atoms with Crippen molar-refractivity contribution in [3.63, 3.8) is 0 Å². The van der Waals surface area contributed by atoms with Crippen LogP contribution >= 0.6 is 11.6 Å². The fourth-order valence-electron chi connectivity index (χ4n) is 3.73. The normalized spacial score (nSPS) is 17.8. The fourth-order valence-corrected chi connectivity index (χ4v) is 3.96. The van der Waals surface area contributed by atoms with Gasteiger partial charge in [0.2, 0.25) is 5.95 Å². The first-order valence-electron chi connectivity index (χ1n) is 8.94. The molecule has 1 fully saturated rings. The molecule has 2 heterocycles. The van der Waals surface area contributed by atoms with Crippen LogP contribution in [-0.2, 0) is 6.54 Å². The molecule has 0 aliphatic carbocycles. The Bertz CT molecular complexity index is 906. The van der Waals surface area contributed by atoms with Gasteiger partial charge >= 0.3 is 0 Å². The highest BCUT2D eigenvalue weighted by Crippen LogP contribution is 2.30. The molecule has 0 amide bonds. The molecule has 1 aliphatic heterocycles. The number of aromatic nitrogens is 2. The standard InChI is InChI=1S/C20H21ClFN3O/c21-16-7-5-8-17(22)15(16)12-25-19-10-2-1-9-18(19)23-20(25)24-11-4-3-6-14(24)13-26/h1-2,5,7-10,14,26H,3-4,6,11-13H2/t14-/m0/s1. The van der Waals surface area contributed by atoms with E-state index in [1.165, 1.54) is 6.07 Å². The molecule has 3 aromatic rings. The number of fused-ring (bicyclic) bond motifs is 1. The summed E-state index contributed by atoms with van der Waals surface area (Å²) in [5.41, 5.74) is 2.25. The van der Waals surface area contributed by atoms with E-state index >= 15 is 0 Å². The molecule has 1 atom stereocenters. The Morgan fingerprint density at radius 3 is 2.81 bits per heavy atom. The number of hydrogen-bond donors (Lipinski definition) is 1. The van der Waals surface area contributed by atoms with Gasteiger partial charge in [-0.2, -0.15) is 0 Å². The SMILES string of the molecule is OC[C@@H]1CCCCN1c1nc2ccccc2n1Cc1c(F)cccc1Cl. The minimum absolute atomic E-state index is 0.0374. The number of anilines is 1. The Kier molecular flexibility index (Phi) is 4.83. The van der Waals surface area contributed by atoms with Crippen molar-refractivity contribution in [2.24, 2.45) is 0 Å². The molecule has 1 aromatic heterocycles. The van der Waals surface area contributed by atoms with Gasteiger partial charge in [-0.1, -0.05) is 29.8 Å². The smallest absolute Gasteiger partial charge is 0.207 e. The molecule has 4 rings (SSSR count). The molecule has 26 heavy (non-hydrogen) atoms. The zero-order valence-corrected chi connectivity index (χ0v) is 15.2. The van der Waals surface area contributed by atoms with Gasteiger partial charge in [0, 0.05) is 17.1 Å². The topological polar surface area (TPSA) is 41.3 Å². The summed E-state index contributed by atoms with van der Waals surface area (Å²) in [7, 11) is 0. The molecule has 0 saturated carbocycles. The number of hydrogen-bond acceptors (Lipinski definition) is 3. The molecule has 0 bridgehead atoms. The second-order valence-corrected chi connectivity index (χ2v) is 7.12. The number of imidazole rings is 1. The molecular formula is C20H21ClFN3O. The van der Waals surface area contributed by atoms with E-state index in [2.05, 4.69) is 4.90 Å². The van der Waals surface area contributed by atoms with E-state index in [0.717, 1.165) is 42.8 Å². The largest absolute Gasteiger partial charge is 0.394 e. The highest BCUT2D eigenvalue weighted by molar-refractivity contribution is 6.31. The first-order chi connectivity index (χ1) is 12.7. The first kappa shape index (κ1) is 17.3. The molecule has 1 saturated heterocycles. The maximum absolute atomic E-state index is 14.4. The van der Waals surface area contributed by atoms with Crippen molar-refractivity contribution in [1.29, 1.82) is 0 Å². The summed E-state index contributed by atoms with van der Waals surface area (Å²) in [6.45, 7) is 1.22. The number of benzene rings is 2. The molecule has 6 heteroatoms. The Morgan fingerprint density at radius 2 is 2.00 bits per heavy atom. The minimum atomic E-state index is -0.321. The maximum Gasteiger partial charge on any atom is 0.207 e. The fraction of sp³-hybridized carbons (Fsp3) is 0.350. The lowest BCUT2D eigenvalue weighted by Gasteiger charge is -2.35. The van der Waals surface area contributed by atoms with Crippen molar-refractivity contribution in [1.82, 2.24) is 9.55 Å². The molecule has 136 valence electrons. The first-order valence-corrected chi connectivity index (χ1v) is 9.32. The van der Waals surface area contributed by atoms with E-state index in [1.54, 1.807) is 12.1 Å². The quantitative estimate of drug-likeness (QED) is 0.744. The van der Waals surface area contributed by atoms with Gasteiger partial charge in [-0.3, -0.25) is 0 Å². The van der Waals surface area contributed by atoms with E-state index in [-0.39, 0.29) is 18.5 Å². The van der Waals surface area contributed by atoms with Crippen molar-refractivity contribution < 1.29 is 9.50 Å². The molecule has 1 N–H and O–H groups in total. The third-order valence-electron chi connectivity index (χ3n) is 5.11. The van der Waals surface area contributed by atoms with Crippen LogP contribution < -0.4 is 4.90 Å². The third-order valence-corrected chi connectivity index (χ3v) is 5.46. The van der Waals surface area contributed by atoms with Crippen molar-refractivity contribution in [3.8, 4) is 0 Å². The van der Waals surface area contributed by atoms with Crippen LogP contribution in [0.25, 0.3) is 11.0 Å². The number of rotatable bonds is 4. The van der Waals surface area contributed by atoms with E-state index in [4.69, 9.17) is 16.6 Å². The Morgan fingerprint density at radius 1 is 1.15 bits per heavy atom. The minimum Gasteiger partial charge on any atom is -0.394 e. The summed E-state index contributed by atoms with van der Waals surface area (Å²) in [6, 6.07) is 12.6. The number of nitrogens with zero attached hydrogens (tertiary/aromatic N) is 3. The molecule has 2 aromatic carbocycles.